The zero-order chi connectivity index (χ0) is 19.9. The van der Waals surface area contributed by atoms with E-state index in [1.165, 1.54) is 16.7 Å². The van der Waals surface area contributed by atoms with Crippen LogP contribution in [0.4, 0.5) is 0 Å². The Hall–Kier alpha value is -2.37. The number of benzene rings is 2. The maximum Gasteiger partial charge on any atom is 0.267 e. The highest BCUT2D eigenvalue weighted by atomic mass is 32.2. The molecule has 0 saturated carbocycles. The number of carbonyl (C=O) groups excluding carboxylic acids is 2. The molecule has 2 amide bonds. The van der Waals surface area contributed by atoms with Gasteiger partial charge in [-0.25, -0.2) is 0 Å². The summed E-state index contributed by atoms with van der Waals surface area (Å²) in [5, 5.41) is 0. The Morgan fingerprint density at radius 1 is 0.964 bits per heavy atom. The van der Waals surface area contributed by atoms with E-state index in [0.717, 1.165) is 16.7 Å². The number of amides is 2. The van der Waals surface area contributed by atoms with Crippen molar-refractivity contribution in [1.29, 1.82) is 0 Å². The van der Waals surface area contributed by atoms with E-state index in [-0.39, 0.29) is 11.8 Å². The predicted octanol–water partition coefficient (Wildman–Crippen LogP) is 4.43. The molecule has 0 unspecified atom stereocenters. The highest BCUT2D eigenvalue weighted by Crippen LogP contribution is 2.37. The number of hydrogen-bond donors (Lipinski definition) is 0. The van der Waals surface area contributed by atoms with Gasteiger partial charge in [-0.1, -0.05) is 60.2 Å². The summed E-state index contributed by atoms with van der Waals surface area (Å²) in [5.74, 6) is 0.246. The van der Waals surface area contributed by atoms with Gasteiger partial charge in [0.1, 0.15) is 0 Å². The van der Waals surface area contributed by atoms with Gasteiger partial charge in [0, 0.05) is 25.5 Å². The number of thioether (sulfide) groups is 1. The van der Waals surface area contributed by atoms with Crippen molar-refractivity contribution < 1.29 is 14.3 Å². The van der Waals surface area contributed by atoms with Crippen LogP contribution in [-0.2, 0) is 20.1 Å². The van der Waals surface area contributed by atoms with Gasteiger partial charge in [-0.05, 0) is 31.4 Å². The normalized spacial score (nSPS) is 14.3. The number of imide groups is 1. The predicted molar refractivity (Wildman–Crippen MR) is 114 cm³/mol. The zero-order valence-corrected chi connectivity index (χ0v) is 17.1. The van der Waals surface area contributed by atoms with Crippen molar-refractivity contribution in [3.05, 3.63) is 76.2 Å². The Bertz CT molecular complexity index is 859. The molecule has 0 aliphatic carbocycles. The molecule has 3 rings (SSSR count). The van der Waals surface area contributed by atoms with E-state index in [0.29, 0.717) is 42.4 Å². The van der Waals surface area contributed by atoms with Crippen LogP contribution in [0.5, 0.6) is 0 Å². The van der Waals surface area contributed by atoms with Crippen molar-refractivity contribution >= 4 is 29.1 Å². The molecule has 0 saturated heterocycles. The van der Waals surface area contributed by atoms with Crippen molar-refractivity contribution in [2.45, 2.75) is 26.0 Å². The molecule has 5 heteroatoms. The molecule has 0 fully saturated rings. The quantitative estimate of drug-likeness (QED) is 0.465. The molecule has 1 heterocycles. The van der Waals surface area contributed by atoms with Gasteiger partial charge >= 0.3 is 0 Å². The SMILES string of the molecule is CCOCCCN1C(=O)C(SCc2ccccc2)=C(c2ccc(C)cc2)C1=O. The van der Waals surface area contributed by atoms with Gasteiger partial charge in [0.15, 0.2) is 0 Å². The van der Waals surface area contributed by atoms with Crippen LogP contribution >= 0.6 is 11.8 Å². The summed E-state index contributed by atoms with van der Waals surface area (Å²) in [5.41, 5.74) is 3.56. The molecular formula is C23H25NO3S. The summed E-state index contributed by atoms with van der Waals surface area (Å²) in [6.45, 7) is 5.49. The molecule has 0 atom stereocenters. The second-order valence-electron chi connectivity index (χ2n) is 6.66. The van der Waals surface area contributed by atoms with E-state index in [1.54, 1.807) is 0 Å². The van der Waals surface area contributed by atoms with E-state index in [2.05, 4.69) is 0 Å². The third-order valence-electron chi connectivity index (χ3n) is 4.57. The summed E-state index contributed by atoms with van der Waals surface area (Å²) >= 11 is 1.44. The summed E-state index contributed by atoms with van der Waals surface area (Å²) in [7, 11) is 0. The van der Waals surface area contributed by atoms with Crippen molar-refractivity contribution in [2.75, 3.05) is 19.8 Å². The second-order valence-corrected chi connectivity index (χ2v) is 7.64. The van der Waals surface area contributed by atoms with Crippen LogP contribution in [0.3, 0.4) is 0 Å². The average Bonchev–Trinajstić information content (AvgIpc) is 2.95. The molecule has 28 heavy (non-hydrogen) atoms. The van der Waals surface area contributed by atoms with Gasteiger partial charge < -0.3 is 4.74 Å². The maximum absolute atomic E-state index is 13.1. The van der Waals surface area contributed by atoms with Crippen molar-refractivity contribution in [2.24, 2.45) is 0 Å². The molecule has 0 bridgehead atoms. The maximum atomic E-state index is 13.1. The molecule has 0 N–H and O–H groups in total. The number of hydrogen-bond acceptors (Lipinski definition) is 4. The van der Waals surface area contributed by atoms with Crippen LogP contribution in [0.15, 0.2) is 59.5 Å². The van der Waals surface area contributed by atoms with Crippen LogP contribution < -0.4 is 0 Å². The number of nitrogens with zero attached hydrogens (tertiary/aromatic N) is 1. The number of rotatable bonds is 9. The minimum Gasteiger partial charge on any atom is -0.382 e. The van der Waals surface area contributed by atoms with Crippen molar-refractivity contribution in [1.82, 2.24) is 4.90 Å². The standard InChI is InChI=1S/C23H25NO3S/c1-3-27-15-7-14-24-22(25)20(19-12-10-17(2)11-13-19)21(23(24)26)28-16-18-8-5-4-6-9-18/h4-6,8-13H,3,7,14-16H2,1-2H3. The topological polar surface area (TPSA) is 46.6 Å². The molecule has 146 valence electrons. The van der Waals surface area contributed by atoms with Crippen LogP contribution in [0.25, 0.3) is 5.57 Å². The van der Waals surface area contributed by atoms with Crippen molar-refractivity contribution in [3.63, 3.8) is 0 Å². The van der Waals surface area contributed by atoms with Crippen LogP contribution in [0.2, 0.25) is 0 Å². The van der Waals surface area contributed by atoms with E-state index in [1.807, 2.05) is 68.4 Å². The lowest BCUT2D eigenvalue weighted by molar-refractivity contribution is -0.136. The average molecular weight is 396 g/mol. The first-order valence-corrected chi connectivity index (χ1v) is 10.5. The Morgan fingerprint density at radius 3 is 2.36 bits per heavy atom. The lowest BCUT2D eigenvalue weighted by Crippen LogP contribution is -2.33. The molecule has 1 aliphatic rings. The van der Waals surface area contributed by atoms with Gasteiger partial charge in [-0.2, -0.15) is 0 Å². The molecule has 1 aliphatic heterocycles. The van der Waals surface area contributed by atoms with E-state index >= 15 is 0 Å². The molecular weight excluding hydrogens is 370 g/mol. The van der Waals surface area contributed by atoms with E-state index in [9.17, 15) is 9.59 Å². The van der Waals surface area contributed by atoms with Crippen LogP contribution in [0, 0.1) is 6.92 Å². The third kappa shape index (κ3) is 4.72. The Labute approximate surface area is 170 Å². The van der Waals surface area contributed by atoms with Gasteiger partial charge in [0.25, 0.3) is 11.8 Å². The van der Waals surface area contributed by atoms with Gasteiger partial charge in [-0.15, -0.1) is 11.8 Å². The highest BCUT2D eigenvalue weighted by molar-refractivity contribution is 8.03. The van der Waals surface area contributed by atoms with E-state index in [4.69, 9.17) is 4.74 Å². The van der Waals surface area contributed by atoms with Gasteiger partial charge in [0.05, 0.1) is 10.5 Å². The Balaban J connectivity index is 1.85. The minimum atomic E-state index is -0.207. The Morgan fingerprint density at radius 2 is 1.68 bits per heavy atom. The summed E-state index contributed by atoms with van der Waals surface area (Å²) < 4.78 is 5.35. The van der Waals surface area contributed by atoms with Gasteiger partial charge in [-0.3, -0.25) is 14.5 Å². The van der Waals surface area contributed by atoms with Crippen LogP contribution in [-0.4, -0.2) is 36.5 Å². The third-order valence-corrected chi connectivity index (χ3v) is 5.71. The molecule has 4 nitrogen and oxygen atoms in total. The summed E-state index contributed by atoms with van der Waals surface area (Å²) in [4.78, 5) is 28.0. The fourth-order valence-electron chi connectivity index (χ4n) is 3.06. The fourth-order valence-corrected chi connectivity index (χ4v) is 4.15. The Kier molecular flexibility index (Phi) is 7.06. The smallest absolute Gasteiger partial charge is 0.267 e. The number of aryl methyl sites for hydroxylation is 1. The lowest BCUT2D eigenvalue weighted by Gasteiger charge is -2.15. The monoisotopic (exact) mass is 395 g/mol. The lowest BCUT2D eigenvalue weighted by atomic mass is 10.0. The second kappa shape index (κ2) is 9.71. The molecule has 2 aromatic rings. The first kappa shape index (κ1) is 20.4. The van der Waals surface area contributed by atoms with E-state index < -0.39 is 0 Å². The molecule has 2 aromatic carbocycles. The number of ether oxygens (including phenoxy) is 1. The summed E-state index contributed by atoms with van der Waals surface area (Å²) in [6.07, 6.45) is 0.642. The molecule has 0 aromatic heterocycles. The first-order valence-electron chi connectivity index (χ1n) is 9.53. The summed E-state index contributed by atoms with van der Waals surface area (Å²) in [6, 6.07) is 17.8. The van der Waals surface area contributed by atoms with Crippen LogP contribution in [0.1, 0.15) is 30.0 Å². The first-order chi connectivity index (χ1) is 13.6. The zero-order valence-electron chi connectivity index (χ0n) is 16.3. The molecule has 0 radical (unpaired) electrons. The number of carbonyl (C=O) groups is 2. The largest absolute Gasteiger partial charge is 0.382 e. The fraction of sp³-hybridized carbons (Fsp3) is 0.304. The minimum absolute atomic E-state index is 0.196. The molecule has 0 spiro atoms. The van der Waals surface area contributed by atoms with Gasteiger partial charge in [0.2, 0.25) is 0 Å². The van der Waals surface area contributed by atoms with Crippen molar-refractivity contribution in [3.8, 4) is 0 Å². The highest BCUT2D eigenvalue weighted by Gasteiger charge is 2.38.